The molecular formula is C23H27FN4O3S. The van der Waals surface area contributed by atoms with Crippen molar-refractivity contribution >= 4 is 30.5 Å². The SMILES string of the molecule is O=C(O)CCCn1nncc1C=C1CN(C(C(=O)C2CC2)c2ccccc2F)CCC1S. The van der Waals surface area contributed by atoms with E-state index in [1.807, 2.05) is 6.08 Å². The summed E-state index contributed by atoms with van der Waals surface area (Å²) in [5.41, 5.74) is 2.20. The number of Topliss-reactive ketones (excluding diaryl/α,β-unsaturated/α-hetero) is 1. The molecule has 2 aliphatic rings. The minimum Gasteiger partial charge on any atom is -0.481 e. The molecule has 1 aliphatic carbocycles. The van der Waals surface area contributed by atoms with Crippen LogP contribution in [0, 0.1) is 11.7 Å². The molecule has 0 radical (unpaired) electrons. The molecule has 2 atom stereocenters. The van der Waals surface area contributed by atoms with E-state index in [2.05, 4.69) is 15.2 Å². The highest BCUT2D eigenvalue weighted by Crippen LogP contribution is 2.39. The maximum atomic E-state index is 14.7. The number of rotatable bonds is 9. The summed E-state index contributed by atoms with van der Waals surface area (Å²) in [6.07, 6.45) is 6.59. The molecule has 1 saturated heterocycles. The Morgan fingerprint density at radius 1 is 1.28 bits per heavy atom. The Kier molecular flexibility index (Phi) is 7.05. The highest BCUT2D eigenvalue weighted by molar-refractivity contribution is 7.81. The Bertz CT molecular complexity index is 1020. The van der Waals surface area contributed by atoms with E-state index in [1.54, 1.807) is 29.1 Å². The number of ketones is 1. The lowest BCUT2D eigenvalue weighted by atomic mass is 9.93. The number of piperidine rings is 1. The summed E-state index contributed by atoms with van der Waals surface area (Å²) in [6.45, 7) is 1.59. The van der Waals surface area contributed by atoms with Gasteiger partial charge in [-0.25, -0.2) is 9.07 Å². The molecule has 1 aromatic heterocycles. The molecule has 9 heteroatoms. The number of aryl methyl sites for hydroxylation is 1. The van der Waals surface area contributed by atoms with E-state index < -0.39 is 12.0 Å². The van der Waals surface area contributed by atoms with E-state index in [-0.39, 0.29) is 29.2 Å². The topological polar surface area (TPSA) is 88.3 Å². The van der Waals surface area contributed by atoms with Crippen molar-refractivity contribution in [2.75, 3.05) is 13.1 Å². The molecule has 1 aliphatic heterocycles. The minimum absolute atomic E-state index is 0.00548. The van der Waals surface area contributed by atoms with E-state index in [9.17, 15) is 14.0 Å². The molecule has 32 heavy (non-hydrogen) atoms. The first kappa shape index (κ1) is 22.7. The molecule has 0 amide bonds. The number of nitrogens with zero attached hydrogens (tertiary/aromatic N) is 4. The lowest BCUT2D eigenvalue weighted by Crippen LogP contribution is -2.42. The molecule has 170 valence electrons. The smallest absolute Gasteiger partial charge is 0.303 e. The van der Waals surface area contributed by atoms with Crippen LogP contribution < -0.4 is 0 Å². The first-order chi connectivity index (χ1) is 15.4. The molecule has 0 bridgehead atoms. The summed E-state index contributed by atoms with van der Waals surface area (Å²) >= 11 is 4.74. The third-order valence-electron chi connectivity index (χ3n) is 6.06. The molecular weight excluding hydrogens is 431 g/mol. The van der Waals surface area contributed by atoms with Gasteiger partial charge in [0, 0.05) is 42.8 Å². The van der Waals surface area contributed by atoms with Crippen molar-refractivity contribution in [3.63, 3.8) is 0 Å². The maximum absolute atomic E-state index is 14.7. The van der Waals surface area contributed by atoms with Gasteiger partial charge in [-0.05, 0) is 43.4 Å². The standard InChI is InChI=1S/C23H27FN4O3S/c24-19-5-2-1-4-18(19)22(23(31)15-7-8-15)27-11-9-20(32)16(14-27)12-17-13-25-26-28(17)10-3-6-21(29)30/h1-2,4-5,12-13,15,20,22,32H,3,6-11,14H2,(H,29,30). The van der Waals surface area contributed by atoms with Crippen LogP contribution in [0.4, 0.5) is 4.39 Å². The zero-order chi connectivity index (χ0) is 22.7. The van der Waals surface area contributed by atoms with Crippen molar-refractivity contribution in [3.05, 3.63) is 53.1 Å². The fraction of sp³-hybridized carbons (Fsp3) is 0.478. The average molecular weight is 459 g/mol. The van der Waals surface area contributed by atoms with Gasteiger partial charge in [0.25, 0.3) is 0 Å². The Balaban J connectivity index is 1.57. The summed E-state index contributed by atoms with van der Waals surface area (Å²) in [5, 5.41) is 16.9. The number of carboxylic acids is 1. The normalized spacial score (nSPS) is 21.6. The van der Waals surface area contributed by atoms with Crippen LogP contribution in [0.25, 0.3) is 6.08 Å². The summed E-state index contributed by atoms with van der Waals surface area (Å²) in [5.74, 6) is -1.10. The maximum Gasteiger partial charge on any atom is 0.303 e. The summed E-state index contributed by atoms with van der Waals surface area (Å²) in [7, 11) is 0. The Morgan fingerprint density at radius 3 is 2.78 bits per heavy atom. The second kappa shape index (κ2) is 9.95. The zero-order valence-corrected chi connectivity index (χ0v) is 18.6. The second-order valence-corrected chi connectivity index (χ2v) is 9.10. The molecule has 7 nitrogen and oxygen atoms in total. The van der Waals surface area contributed by atoms with Crippen molar-refractivity contribution in [1.82, 2.24) is 19.9 Å². The van der Waals surface area contributed by atoms with Crippen molar-refractivity contribution < 1.29 is 19.1 Å². The summed E-state index contributed by atoms with van der Waals surface area (Å²) in [6, 6.07) is 5.92. The van der Waals surface area contributed by atoms with E-state index in [0.29, 0.717) is 31.6 Å². The second-order valence-electron chi connectivity index (χ2n) is 8.47. The number of aromatic nitrogens is 3. The molecule has 2 heterocycles. The van der Waals surface area contributed by atoms with Crippen molar-refractivity contribution in [2.45, 2.75) is 49.9 Å². The van der Waals surface area contributed by atoms with Gasteiger partial charge in [0.15, 0.2) is 5.78 Å². The number of carbonyl (C=O) groups is 2. The number of hydrogen-bond donors (Lipinski definition) is 2. The molecule has 1 aromatic carbocycles. The van der Waals surface area contributed by atoms with Crippen LogP contribution in [-0.2, 0) is 16.1 Å². The van der Waals surface area contributed by atoms with Gasteiger partial charge in [-0.15, -0.1) is 5.10 Å². The predicted molar refractivity (Wildman–Crippen MR) is 121 cm³/mol. The Hall–Kier alpha value is -2.52. The number of aliphatic carboxylic acids is 1. The van der Waals surface area contributed by atoms with Gasteiger partial charge in [0.05, 0.1) is 17.9 Å². The van der Waals surface area contributed by atoms with Crippen LogP contribution in [0.15, 0.2) is 36.0 Å². The lowest BCUT2D eigenvalue weighted by Gasteiger charge is -2.37. The Morgan fingerprint density at radius 2 is 2.06 bits per heavy atom. The fourth-order valence-electron chi connectivity index (χ4n) is 4.19. The van der Waals surface area contributed by atoms with Crippen molar-refractivity contribution in [3.8, 4) is 0 Å². The van der Waals surface area contributed by atoms with Crippen molar-refractivity contribution in [2.24, 2.45) is 5.92 Å². The van der Waals surface area contributed by atoms with Crippen LogP contribution in [0.2, 0.25) is 0 Å². The summed E-state index contributed by atoms with van der Waals surface area (Å²) < 4.78 is 16.4. The van der Waals surface area contributed by atoms with Gasteiger partial charge >= 0.3 is 5.97 Å². The molecule has 4 rings (SSSR count). The molecule has 1 N–H and O–H groups in total. The van der Waals surface area contributed by atoms with E-state index >= 15 is 0 Å². The van der Waals surface area contributed by atoms with Crippen molar-refractivity contribution in [1.29, 1.82) is 0 Å². The molecule has 1 saturated carbocycles. The number of benzene rings is 1. The highest BCUT2D eigenvalue weighted by Gasteiger charge is 2.40. The predicted octanol–water partition coefficient (Wildman–Crippen LogP) is 3.39. The number of carbonyl (C=O) groups excluding carboxylic acids is 1. The number of halogens is 1. The Labute approximate surface area is 191 Å². The number of carboxylic acid groups (broad SMARTS) is 1. The quantitative estimate of drug-likeness (QED) is 0.560. The lowest BCUT2D eigenvalue weighted by molar-refractivity contribution is -0.137. The van der Waals surface area contributed by atoms with Crippen LogP contribution in [-0.4, -0.2) is 55.1 Å². The highest BCUT2D eigenvalue weighted by atomic mass is 32.1. The number of thiol groups is 1. The van der Waals surface area contributed by atoms with Gasteiger partial charge in [-0.2, -0.15) is 12.6 Å². The zero-order valence-electron chi connectivity index (χ0n) is 17.7. The van der Waals surface area contributed by atoms with E-state index in [0.717, 1.165) is 30.5 Å². The van der Waals surface area contributed by atoms with E-state index in [1.165, 1.54) is 6.07 Å². The van der Waals surface area contributed by atoms with Crippen LogP contribution in [0.1, 0.15) is 49.4 Å². The number of hydrogen-bond acceptors (Lipinski definition) is 6. The van der Waals surface area contributed by atoms with Gasteiger partial charge in [0.2, 0.25) is 0 Å². The molecule has 2 unspecified atom stereocenters. The fourth-order valence-corrected chi connectivity index (χ4v) is 4.47. The van der Waals surface area contributed by atoms with E-state index in [4.69, 9.17) is 17.7 Å². The monoisotopic (exact) mass is 458 g/mol. The van der Waals surface area contributed by atoms with Gasteiger partial charge in [-0.3, -0.25) is 14.5 Å². The summed E-state index contributed by atoms with van der Waals surface area (Å²) in [4.78, 5) is 26.0. The molecule has 2 aromatic rings. The largest absolute Gasteiger partial charge is 0.481 e. The minimum atomic E-state index is -0.845. The third kappa shape index (κ3) is 5.27. The average Bonchev–Trinajstić information content (AvgIpc) is 3.53. The van der Waals surface area contributed by atoms with Gasteiger partial charge in [0.1, 0.15) is 5.82 Å². The van der Waals surface area contributed by atoms with Crippen LogP contribution in [0.5, 0.6) is 0 Å². The van der Waals surface area contributed by atoms with Gasteiger partial charge < -0.3 is 5.11 Å². The first-order valence-corrected chi connectivity index (χ1v) is 11.5. The van der Waals surface area contributed by atoms with Gasteiger partial charge in [-0.1, -0.05) is 23.4 Å². The molecule has 0 spiro atoms. The third-order valence-corrected chi connectivity index (χ3v) is 6.65. The first-order valence-electron chi connectivity index (χ1n) is 10.9. The molecule has 2 fully saturated rings. The van der Waals surface area contributed by atoms with Crippen LogP contribution >= 0.6 is 12.6 Å². The number of likely N-dealkylation sites (tertiary alicyclic amines) is 1. The van der Waals surface area contributed by atoms with Crippen LogP contribution in [0.3, 0.4) is 0 Å².